The number of aryl methyl sites for hydroxylation is 1. The Labute approximate surface area is 212 Å². The molecule has 0 unspecified atom stereocenters. The fourth-order valence-corrected chi connectivity index (χ4v) is 5.69. The molecule has 7 nitrogen and oxygen atoms in total. The van der Waals surface area contributed by atoms with Crippen molar-refractivity contribution >= 4 is 22.8 Å². The number of amides is 1. The molecule has 36 heavy (non-hydrogen) atoms. The largest absolute Gasteiger partial charge is 0.354 e. The Kier molecular flexibility index (Phi) is 7.48. The van der Waals surface area contributed by atoms with E-state index in [4.69, 9.17) is 15.1 Å². The molecule has 8 heteroatoms. The number of nitrogens with zero attached hydrogens (tertiary/aromatic N) is 6. The molecule has 0 spiro atoms. The maximum absolute atomic E-state index is 13.6. The number of hydrogen-bond donors (Lipinski definition) is 0. The smallest absolute Gasteiger partial charge is 0.222 e. The third-order valence-corrected chi connectivity index (χ3v) is 7.61. The van der Waals surface area contributed by atoms with Crippen LogP contribution >= 0.6 is 0 Å². The molecular formula is C28H37FN6O. The normalized spacial score (nSPS) is 17.5. The molecule has 1 saturated carbocycles. The standard InChI is InChI=1S/C28H37FN6O/c1-3-8-25(36)33-15-7-16-34(18-17-33)27-26-20(2)32-35(23-13-11-22(29)12-14-23)28(26)31-24(30-27)19-21-9-5-4-6-10-21/h11-14,21H,3-10,15-19H2,1-2H3. The molecular weight excluding hydrogens is 455 g/mol. The Hall–Kier alpha value is -3.03. The van der Waals surface area contributed by atoms with Crippen molar-refractivity contribution in [3.05, 3.63) is 41.6 Å². The third-order valence-electron chi connectivity index (χ3n) is 7.61. The lowest BCUT2D eigenvalue weighted by Crippen LogP contribution is -2.35. The van der Waals surface area contributed by atoms with Crippen LogP contribution in [0.4, 0.5) is 10.2 Å². The minimum Gasteiger partial charge on any atom is -0.354 e. The van der Waals surface area contributed by atoms with Crippen molar-refractivity contribution in [2.45, 2.75) is 71.6 Å². The van der Waals surface area contributed by atoms with E-state index in [1.54, 1.807) is 12.1 Å². The molecule has 1 saturated heterocycles. The Bertz CT molecular complexity index is 1200. The Morgan fingerprint density at radius 3 is 2.53 bits per heavy atom. The minimum atomic E-state index is -0.271. The monoisotopic (exact) mass is 492 g/mol. The topological polar surface area (TPSA) is 67.2 Å². The molecule has 2 fully saturated rings. The zero-order valence-electron chi connectivity index (χ0n) is 21.5. The minimum absolute atomic E-state index is 0.241. The van der Waals surface area contributed by atoms with Gasteiger partial charge in [0.2, 0.25) is 5.91 Å². The van der Waals surface area contributed by atoms with Gasteiger partial charge < -0.3 is 9.80 Å². The molecule has 3 aromatic rings. The van der Waals surface area contributed by atoms with Gasteiger partial charge in [0.05, 0.1) is 16.8 Å². The molecule has 1 aliphatic heterocycles. The number of aromatic nitrogens is 4. The van der Waals surface area contributed by atoms with E-state index in [1.807, 2.05) is 16.5 Å². The summed E-state index contributed by atoms with van der Waals surface area (Å²) in [6, 6.07) is 6.40. The fraction of sp³-hybridized carbons (Fsp3) is 0.571. The van der Waals surface area contributed by atoms with Crippen LogP contribution in [-0.2, 0) is 11.2 Å². The summed E-state index contributed by atoms with van der Waals surface area (Å²) in [6.07, 6.45) is 9.58. The molecule has 0 atom stereocenters. The van der Waals surface area contributed by atoms with Crippen LogP contribution in [0.25, 0.3) is 16.7 Å². The van der Waals surface area contributed by atoms with Crippen LogP contribution < -0.4 is 4.90 Å². The zero-order valence-corrected chi connectivity index (χ0v) is 21.5. The molecule has 0 bridgehead atoms. The summed E-state index contributed by atoms with van der Waals surface area (Å²) in [6.45, 7) is 7.11. The highest BCUT2D eigenvalue weighted by atomic mass is 19.1. The molecule has 0 radical (unpaired) electrons. The first kappa shape index (κ1) is 24.7. The van der Waals surface area contributed by atoms with Gasteiger partial charge in [-0.25, -0.2) is 19.0 Å². The molecule has 2 aliphatic rings. The summed E-state index contributed by atoms with van der Waals surface area (Å²) in [7, 11) is 0. The van der Waals surface area contributed by atoms with Crippen molar-refractivity contribution in [3.8, 4) is 5.69 Å². The molecule has 192 valence electrons. The number of rotatable bonds is 6. The third kappa shape index (κ3) is 5.22. The second-order valence-corrected chi connectivity index (χ2v) is 10.3. The van der Waals surface area contributed by atoms with Gasteiger partial charge in [-0.1, -0.05) is 39.0 Å². The van der Waals surface area contributed by atoms with Gasteiger partial charge >= 0.3 is 0 Å². The average Bonchev–Trinajstić information content (AvgIpc) is 3.05. The summed E-state index contributed by atoms with van der Waals surface area (Å²) < 4.78 is 15.5. The molecule has 5 rings (SSSR count). The number of halogens is 1. The summed E-state index contributed by atoms with van der Waals surface area (Å²) >= 11 is 0. The zero-order chi connectivity index (χ0) is 25.1. The maximum atomic E-state index is 13.6. The van der Waals surface area contributed by atoms with Crippen LogP contribution in [-0.4, -0.2) is 56.7 Å². The molecule has 1 aromatic carbocycles. The first-order valence-electron chi connectivity index (χ1n) is 13.6. The highest BCUT2D eigenvalue weighted by Gasteiger charge is 2.26. The van der Waals surface area contributed by atoms with E-state index >= 15 is 0 Å². The van der Waals surface area contributed by atoms with Crippen molar-refractivity contribution in [2.75, 3.05) is 31.1 Å². The molecule has 2 aromatic heterocycles. The number of benzene rings is 1. The van der Waals surface area contributed by atoms with E-state index in [0.717, 1.165) is 73.0 Å². The second-order valence-electron chi connectivity index (χ2n) is 10.3. The number of carbonyl (C=O) groups is 1. The average molecular weight is 493 g/mol. The van der Waals surface area contributed by atoms with Crippen molar-refractivity contribution < 1.29 is 9.18 Å². The summed E-state index contributed by atoms with van der Waals surface area (Å²) in [4.78, 5) is 27.1. The Morgan fingerprint density at radius 1 is 1.00 bits per heavy atom. The quantitative estimate of drug-likeness (QED) is 0.472. The van der Waals surface area contributed by atoms with Gasteiger partial charge in [0.1, 0.15) is 17.5 Å². The van der Waals surface area contributed by atoms with Crippen molar-refractivity contribution in [2.24, 2.45) is 5.92 Å². The summed E-state index contributed by atoms with van der Waals surface area (Å²) in [5.41, 5.74) is 2.42. The van der Waals surface area contributed by atoms with Gasteiger partial charge in [-0.2, -0.15) is 5.10 Å². The van der Waals surface area contributed by atoms with Crippen LogP contribution in [0.3, 0.4) is 0 Å². The maximum Gasteiger partial charge on any atom is 0.222 e. The lowest BCUT2D eigenvalue weighted by atomic mass is 9.87. The molecule has 1 aliphatic carbocycles. The second kappa shape index (κ2) is 10.9. The van der Waals surface area contributed by atoms with Gasteiger partial charge in [-0.15, -0.1) is 0 Å². The van der Waals surface area contributed by atoms with Crippen LogP contribution in [0.1, 0.15) is 69.8 Å². The van der Waals surface area contributed by atoms with E-state index in [1.165, 1.54) is 44.2 Å². The molecule has 1 amide bonds. The van der Waals surface area contributed by atoms with Gasteiger partial charge in [0.25, 0.3) is 0 Å². The first-order chi connectivity index (χ1) is 17.5. The molecule has 0 N–H and O–H groups in total. The number of anilines is 1. The fourth-order valence-electron chi connectivity index (χ4n) is 5.69. The molecule has 3 heterocycles. The predicted molar refractivity (Wildman–Crippen MR) is 140 cm³/mol. The number of carbonyl (C=O) groups excluding carboxylic acids is 1. The van der Waals surface area contributed by atoms with E-state index < -0.39 is 0 Å². The van der Waals surface area contributed by atoms with Gasteiger partial charge in [0, 0.05) is 39.0 Å². The Balaban J connectivity index is 1.54. The van der Waals surface area contributed by atoms with Crippen LogP contribution in [0.5, 0.6) is 0 Å². The van der Waals surface area contributed by atoms with Gasteiger partial charge in [-0.05, 0) is 49.9 Å². The van der Waals surface area contributed by atoms with Gasteiger partial charge in [0.15, 0.2) is 5.65 Å². The van der Waals surface area contributed by atoms with Crippen molar-refractivity contribution in [3.63, 3.8) is 0 Å². The number of fused-ring (bicyclic) bond motifs is 1. The van der Waals surface area contributed by atoms with E-state index in [-0.39, 0.29) is 11.7 Å². The highest BCUT2D eigenvalue weighted by Crippen LogP contribution is 2.32. The summed E-state index contributed by atoms with van der Waals surface area (Å²) in [5, 5.41) is 5.77. The predicted octanol–water partition coefficient (Wildman–Crippen LogP) is 5.22. The Morgan fingerprint density at radius 2 is 1.78 bits per heavy atom. The van der Waals surface area contributed by atoms with Gasteiger partial charge in [-0.3, -0.25) is 4.79 Å². The summed E-state index contributed by atoms with van der Waals surface area (Å²) in [5.74, 6) is 2.35. The van der Waals surface area contributed by atoms with Crippen LogP contribution in [0.15, 0.2) is 24.3 Å². The van der Waals surface area contributed by atoms with Crippen molar-refractivity contribution in [1.82, 2.24) is 24.6 Å². The van der Waals surface area contributed by atoms with Crippen LogP contribution in [0, 0.1) is 18.7 Å². The first-order valence-corrected chi connectivity index (χ1v) is 13.6. The lowest BCUT2D eigenvalue weighted by molar-refractivity contribution is -0.131. The van der Waals surface area contributed by atoms with E-state index in [2.05, 4.69) is 11.8 Å². The number of hydrogen-bond acceptors (Lipinski definition) is 5. The van der Waals surface area contributed by atoms with E-state index in [9.17, 15) is 9.18 Å². The highest BCUT2D eigenvalue weighted by molar-refractivity contribution is 5.91. The van der Waals surface area contributed by atoms with Crippen LogP contribution in [0.2, 0.25) is 0 Å². The van der Waals surface area contributed by atoms with Crippen molar-refractivity contribution in [1.29, 1.82) is 0 Å². The van der Waals surface area contributed by atoms with E-state index in [0.29, 0.717) is 18.9 Å². The lowest BCUT2D eigenvalue weighted by Gasteiger charge is -2.25. The SMILES string of the molecule is CCCC(=O)N1CCCN(c2nc(CC3CCCCC3)nc3c2c(C)nn3-c2ccc(F)cc2)CC1.